The van der Waals surface area contributed by atoms with Crippen LogP contribution in [0.15, 0.2) is 54.7 Å². The number of fused-ring (bicyclic) bond motifs is 3. The Labute approximate surface area is 174 Å². The monoisotopic (exact) mass is 405 g/mol. The average molecular weight is 405 g/mol. The molecule has 30 heavy (non-hydrogen) atoms. The quantitative estimate of drug-likeness (QED) is 0.651. The summed E-state index contributed by atoms with van der Waals surface area (Å²) >= 11 is 0. The van der Waals surface area contributed by atoms with E-state index in [9.17, 15) is 14.7 Å². The number of carbonyl (C=O) groups is 2. The van der Waals surface area contributed by atoms with Gasteiger partial charge in [-0.05, 0) is 29.2 Å². The summed E-state index contributed by atoms with van der Waals surface area (Å²) in [5, 5.41) is 11.9. The van der Waals surface area contributed by atoms with Crippen LogP contribution in [0.1, 0.15) is 41.0 Å². The molecule has 2 N–H and O–H groups in total. The first-order valence-electron chi connectivity index (χ1n) is 9.77. The third kappa shape index (κ3) is 3.66. The molecule has 0 unspecified atom stereocenters. The molecule has 154 valence electrons. The second-order valence-corrected chi connectivity index (χ2v) is 7.44. The van der Waals surface area contributed by atoms with Crippen LogP contribution in [0.4, 0.5) is 4.79 Å². The van der Waals surface area contributed by atoms with E-state index in [0.29, 0.717) is 5.82 Å². The molecule has 1 atom stereocenters. The van der Waals surface area contributed by atoms with E-state index in [1.165, 1.54) is 0 Å². The maximum Gasteiger partial charge on any atom is 0.407 e. The average Bonchev–Trinajstić information content (AvgIpc) is 3.23. The molecule has 3 aromatic rings. The van der Waals surface area contributed by atoms with Crippen molar-refractivity contribution in [3.8, 4) is 11.1 Å². The number of ether oxygens (including phenoxy) is 1. The lowest BCUT2D eigenvalue weighted by atomic mass is 9.98. The Hall–Kier alpha value is -3.61. The van der Waals surface area contributed by atoms with Crippen LogP contribution in [0.5, 0.6) is 0 Å². The smallest absolute Gasteiger partial charge is 0.407 e. The van der Waals surface area contributed by atoms with E-state index in [2.05, 4.69) is 22.4 Å². The minimum atomic E-state index is -1.03. The lowest BCUT2D eigenvalue weighted by molar-refractivity contribution is -0.137. The van der Waals surface area contributed by atoms with E-state index in [1.54, 1.807) is 17.8 Å². The molecule has 0 fully saturated rings. The number of nitrogens with one attached hydrogen (secondary N) is 1. The first-order valence-corrected chi connectivity index (χ1v) is 9.77. The number of aliphatic carboxylic acids is 1. The fourth-order valence-corrected chi connectivity index (χ4v) is 4.00. The number of benzene rings is 2. The number of aromatic nitrogens is 2. The van der Waals surface area contributed by atoms with Gasteiger partial charge in [-0.25, -0.2) is 9.78 Å². The fourth-order valence-electron chi connectivity index (χ4n) is 4.00. The number of carboxylic acid groups (broad SMARTS) is 1. The lowest BCUT2D eigenvalue weighted by Crippen LogP contribution is -2.33. The highest BCUT2D eigenvalue weighted by Crippen LogP contribution is 2.44. The summed E-state index contributed by atoms with van der Waals surface area (Å²) in [6, 6.07) is 15.4. The Morgan fingerprint density at radius 3 is 2.27 bits per heavy atom. The molecule has 2 aromatic carbocycles. The highest BCUT2D eigenvalue weighted by molar-refractivity contribution is 5.79. The second-order valence-electron chi connectivity index (χ2n) is 7.44. The van der Waals surface area contributed by atoms with Crippen molar-refractivity contribution in [2.75, 3.05) is 6.61 Å². The summed E-state index contributed by atoms with van der Waals surface area (Å²) in [6.07, 6.45) is 0.696. The van der Waals surface area contributed by atoms with Crippen LogP contribution in [0.3, 0.4) is 0 Å². The zero-order valence-corrected chi connectivity index (χ0v) is 16.8. The van der Waals surface area contributed by atoms with Gasteiger partial charge in [-0.2, -0.15) is 0 Å². The number of amides is 1. The van der Waals surface area contributed by atoms with Gasteiger partial charge in [0.1, 0.15) is 18.5 Å². The van der Waals surface area contributed by atoms with Gasteiger partial charge in [0, 0.05) is 24.9 Å². The zero-order valence-electron chi connectivity index (χ0n) is 16.8. The Morgan fingerprint density at radius 2 is 1.73 bits per heavy atom. The largest absolute Gasteiger partial charge is 0.481 e. The van der Waals surface area contributed by atoms with E-state index in [1.807, 2.05) is 43.3 Å². The number of aryl methyl sites for hydroxylation is 1. The van der Waals surface area contributed by atoms with E-state index >= 15 is 0 Å². The van der Waals surface area contributed by atoms with Crippen molar-refractivity contribution in [2.45, 2.75) is 25.3 Å². The number of nitrogens with zero attached hydrogens (tertiary/aromatic N) is 2. The summed E-state index contributed by atoms with van der Waals surface area (Å²) in [7, 11) is 1.78. The maximum atomic E-state index is 12.5. The number of rotatable bonds is 6. The standard InChI is InChI=1S/C23H23N3O4/c1-14-12-24-22(26(14)2)20(11-21(27)28)25-23(29)30-13-19-17-9-5-3-7-15(17)16-8-4-6-10-18(16)19/h3-10,12,19-20H,11,13H2,1-2H3,(H,25,29)(H,27,28)/t20-/m1/s1. The molecule has 7 heteroatoms. The first kappa shape index (κ1) is 19.7. The normalized spacial score (nSPS) is 13.4. The summed E-state index contributed by atoms with van der Waals surface area (Å²) < 4.78 is 7.30. The van der Waals surface area contributed by atoms with Crippen molar-refractivity contribution in [1.82, 2.24) is 14.9 Å². The van der Waals surface area contributed by atoms with Gasteiger partial charge in [0.25, 0.3) is 0 Å². The minimum Gasteiger partial charge on any atom is -0.481 e. The van der Waals surface area contributed by atoms with Gasteiger partial charge in [0.05, 0.1) is 6.42 Å². The molecule has 1 heterocycles. The highest BCUT2D eigenvalue weighted by Gasteiger charge is 2.30. The van der Waals surface area contributed by atoms with Crippen LogP contribution >= 0.6 is 0 Å². The maximum absolute atomic E-state index is 12.5. The van der Waals surface area contributed by atoms with Crippen LogP contribution in [-0.4, -0.2) is 33.3 Å². The molecule has 0 saturated carbocycles. The number of carbonyl (C=O) groups excluding carboxylic acids is 1. The van der Waals surface area contributed by atoms with Crippen LogP contribution < -0.4 is 5.32 Å². The Morgan fingerprint density at radius 1 is 1.13 bits per heavy atom. The van der Waals surface area contributed by atoms with E-state index in [0.717, 1.165) is 27.9 Å². The Balaban J connectivity index is 1.49. The molecule has 0 saturated heterocycles. The molecule has 0 bridgehead atoms. The van der Waals surface area contributed by atoms with Crippen molar-refractivity contribution in [1.29, 1.82) is 0 Å². The van der Waals surface area contributed by atoms with Gasteiger partial charge >= 0.3 is 12.1 Å². The van der Waals surface area contributed by atoms with Gasteiger partial charge in [0.2, 0.25) is 0 Å². The van der Waals surface area contributed by atoms with Crippen molar-refractivity contribution in [3.63, 3.8) is 0 Å². The number of hydrogen-bond donors (Lipinski definition) is 2. The van der Waals surface area contributed by atoms with Crippen molar-refractivity contribution >= 4 is 12.1 Å². The van der Waals surface area contributed by atoms with E-state index in [-0.39, 0.29) is 18.9 Å². The number of alkyl carbamates (subject to hydrolysis) is 1. The number of imidazole rings is 1. The predicted octanol–water partition coefficient (Wildman–Crippen LogP) is 3.78. The van der Waals surface area contributed by atoms with Gasteiger partial charge in [-0.3, -0.25) is 4.79 Å². The number of carboxylic acids is 1. The summed E-state index contributed by atoms with van der Waals surface area (Å²) in [5.74, 6) is -0.612. The molecule has 1 amide bonds. The molecular weight excluding hydrogens is 382 g/mol. The molecule has 1 aromatic heterocycles. The molecule has 1 aliphatic rings. The van der Waals surface area contributed by atoms with Crippen molar-refractivity contribution < 1.29 is 19.4 Å². The van der Waals surface area contributed by atoms with E-state index in [4.69, 9.17) is 4.74 Å². The van der Waals surface area contributed by atoms with Crippen LogP contribution in [-0.2, 0) is 16.6 Å². The molecule has 7 nitrogen and oxygen atoms in total. The van der Waals surface area contributed by atoms with Gasteiger partial charge in [0.15, 0.2) is 0 Å². The second kappa shape index (κ2) is 8.02. The molecule has 4 rings (SSSR count). The van der Waals surface area contributed by atoms with Gasteiger partial charge in [-0.1, -0.05) is 48.5 Å². The third-order valence-corrected chi connectivity index (χ3v) is 5.58. The van der Waals surface area contributed by atoms with Crippen LogP contribution in [0, 0.1) is 6.92 Å². The highest BCUT2D eigenvalue weighted by atomic mass is 16.5. The predicted molar refractivity (Wildman–Crippen MR) is 111 cm³/mol. The van der Waals surface area contributed by atoms with Crippen molar-refractivity contribution in [2.24, 2.45) is 7.05 Å². The molecular formula is C23H23N3O4. The topological polar surface area (TPSA) is 93.4 Å². The van der Waals surface area contributed by atoms with Crippen LogP contribution in [0.2, 0.25) is 0 Å². The van der Waals surface area contributed by atoms with Crippen molar-refractivity contribution in [3.05, 3.63) is 77.4 Å². The summed E-state index contributed by atoms with van der Waals surface area (Å²) in [6.45, 7) is 2.03. The third-order valence-electron chi connectivity index (χ3n) is 5.58. The fraction of sp³-hybridized carbons (Fsp3) is 0.261. The van der Waals surface area contributed by atoms with Gasteiger partial charge in [-0.15, -0.1) is 0 Å². The SMILES string of the molecule is Cc1cnc([C@@H](CC(=O)O)NC(=O)OCC2c3ccccc3-c3ccccc32)n1C. The lowest BCUT2D eigenvalue weighted by Gasteiger charge is -2.19. The molecule has 1 aliphatic carbocycles. The summed E-state index contributed by atoms with van der Waals surface area (Å²) in [5.41, 5.74) is 5.40. The van der Waals surface area contributed by atoms with Gasteiger partial charge < -0.3 is 19.7 Å². The molecule has 0 radical (unpaired) electrons. The number of hydrogen-bond acceptors (Lipinski definition) is 4. The Kier molecular flexibility index (Phi) is 5.27. The van der Waals surface area contributed by atoms with E-state index < -0.39 is 18.1 Å². The van der Waals surface area contributed by atoms with Crippen LogP contribution in [0.25, 0.3) is 11.1 Å². The Bertz CT molecular complexity index is 1060. The minimum absolute atomic E-state index is 0.0588. The first-order chi connectivity index (χ1) is 14.5. The molecule has 0 spiro atoms. The molecule has 0 aliphatic heterocycles. The summed E-state index contributed by atoms with van der Waals surface area (Å²) in [4.78, 5) is 28.1. The zero-order chi connectivity index (χ0) is 21.3.